The predicted octanol–water partition coefficient (Wildman–Crippen LogP) is 13.9. The van der Waals surface area contributed by atoms with Gasteiger partial charge in [0.15, 0.2) is 0 Å². The summed E-state index contributed by atoms with van der Waals surface area (Å²) < 4.78 is 0. The largest absolute Gasteiger partial charge is 0.356 e. The lowest BCUT2D eigenvalue weighted by Gasteiger charge is -2.33. The van der Waals surface area contributed by atoms with Crippen LogP contribution < -0.4 is 0 Å². The maximum Gasteiger partial charge on any atom is 0.101 e. The minimum Gasteiger partial charge on any atom is -0.356 e. The summed E-state index contributed by atoms with van der Waals surface area (Å²) in [6, 6.07) is 0. The topological polar surface area (TPSA) is 6.48 Å². The quantitative estimate of drug-likeness (QED) is 0.0690. The molecule has 0 bridgehead atoms. The average Bonchev–Trinajstić information content (AvgIpc) is 3.38. The SMILES string of the molecule is CCCCCCCCCCCCCCCCCCCN1C=CN(CCCCCCCCCC)C1CCCCCCCC. The first-order valence-corrected chi connectivity index (χ1v) is 20.0. The van der Waals surface area contributed by atoms with Gasteiger partial charge in [0.25, 0.3) is 0 Å². The van der Waals surface area contributed by atoms with Crippen LogP contribution in [-0.2, 0) is 0 Å². The van der Waals surface area contributed by atoms with Crippen LogP contribution in [0.2, 0.25) is 0 Å². The van der Waals surface area contributed by atoms with Crippen LogP contribution in [0, 0.1) is 0 Å². The van der Waals surface area contributed by atoms with Crippen LogP contribution in [-0.4, -0.2) is 29.1 Å². The van der Waals surface area contributed by atoms with E-state index in [0.29, 0.717) is 6.17 Å². The Morgan fingerprint density at radius 2 is 0.548 bits per heavy atom. The maximum atomic E-state index is 2.71. The summed E-state index contributed by atoms with van der Waals surface area (Å²) in [7, 11) is 0. The molecule has 1 aliphatic rings. The molecule has 0 amide bonds. The molecule has 1 unspecified atom stereocenters. The third-order valence-corrected chi connectivity index (χ3v) is 9.82. The predicted molar refractivity (Wildman–Crippen MR) is 191 cm³/mol. The molecule has 2 nitrogen and oxygen atoms in total. The van der Waals surface area contributed by atoms with Gasteiger partial charge in [0.05, 0.1) is 0 Å². The van der Waals surface area contributed by atoms with Gasteiger partial charge in [0.1, 0.15) is 6.17 Å². The van der Waals surface area contributed by atoms with E-state index < -0.39 is 0 Å². The fourth-order valence-corrected chi connectivity index (χ4v) is 6.89. The second kappa shape index (κ2) is 31.8. The molecule has 0 N–H and O–H groups in total. The second-order valence-corrected chi connectivity index (χ2v) is 13.9. The van der Waals surface area contributed by atoms with Gasteiger partial charge in [-0.15, -0.1) is 0 Å². The summed E-state index contributed by atoms with van der Waals surface area (Å²) >= 11 is 0. The number of hydrogen-bond acceptors (Lipinski definition) is 2. The lowest BCUT2D eigenvalue weighted by atomic mass is 10.0. The first-order chi connectivity index (χ1) is 20.8. The van der Waals surface area contributed by atoms with E-state index in [2.05, 4.69) is 43.0 Å². The molecule has 42 heavy (non-hydrogen) atoms. The van der Waals surface area contributed by atoms with Gasteiger partial charge in [-0.2, -0.15) is 0 Å². The van der Waals surface area contributed by atoms with Crippen molar-refractivity contribution in [1.82, 2.24) is 9.80 Å². The Bertz CT molecular complexity index is 544. The minimum absolute atomic E-state index is 0.641. The van der Waals surface area contributed by atoms with Gasteiger partial charge in [0, 0.05) is 25.5 Å². The van der Waals surface area contributed by atoms with Crippen LogP contribution in [0.1, 0.15) is 226 Å². The summed E-state index contributed by atoms with van der Waals surface area (Å²) in [5.74, 6) is 0. The molecule has 0 saturated carbocycles. The van der Waals surface area contributed by atoms with E-state index in [1.54, 1.807) is 0 Å². The Morgan fingerprint density at radius 1 is 0.310 bits per heavy atom. The Balaban J connectivity index is 2.10. The van der Waals surface area contributed by atoms with Gasteiger partial charge < -0.3 is 9.80 Å². The number of unbranched alkanes of at least 4 members (excludes halogenated alkanes) is 28. The maximum absolute atomic E-state index is 2.71. The van der Waals surface area contributed by atoms with Crippen LogP contribution in [0.3, 0.4) is 0 Å². The van der Waals surface area contributed by atoms with Crippen LogP contribution in [0.5, 0.6) is 0 Å². The van der Waals surface area contributed by atoms with Crippen molar-refractivity contribution in [3.63, 3.8) is 0 Å². The number of hydrogen-bond donors (Lipinski definition) is 0. The average molecular weight is 589 g/mol. The van der Waals surface area contributed by atoms with Crippen molar-refractivity contribution in [3.05, 3.63) is 12.4 Å². The molecule has 1 heterocycles. The summed E-state index contributed by atoms with van der Waals surface area (Å²) in [6.07, 6.45) is 51.4. The van der Waals surface area contributed by atoms with E-state index in [-0.39, 0.29) is 0 Å². The smallest absolute Gasteiger partial charge is 0.101 e. The van der Waals surface area contributed by atoms with E-state index in [0.717, 1.165) is 0 Å². The van der Waals surface area contributed by atoms with Gasteiger partial charge in [-0.3, -0.25) is 0 Å². The molecule has 1 atom stereocenters. The van der Waals surface area contributed by atoms with E-state index in [1.165, 1.54) is 219 Å². The van der Waals surface area contributed by atoms with Crippen LogP contribution in [0.4, 0.5) is 0 Å². The fourth-order valence-electron chi connectivity index (χ4n) is 6.89. The van der Waals surface area contributed by atoms with E-state index in [9.17, 15) is 0 Å². The first kappa shape index (κ1) is 39.4. The highest BCUT2D eigenvalue weighted by atomic mass is 15.4. The van der Waals surface area contributed by atoms with Crippen molar-refractivity contribution in [3.8, 4) is 0 Å². The van der Waals surface area contributed by atoms with Gasteiger partial charge in [-0.1, -0.05) is 201 Å². The lowest BCUT2D eigenvalue weighted by Crippen LogP contribution is -2.39. The zero-order chi connectivity index (χ0) is 30.2. The Morgan fingerprint density at radius 3 is 0.833 bits per heavy atom. The van der Waals surface area contributed by atoms with Crippen LogP contribution in [0.15, 0.2) is 12.4 Å². The highest BCUT2D eigenvalue weighted by Gasteiger charge is 2.24. The van der Waals surface area contributed by atoms with Gasteiger partial charge in [-0.05, 0) is 25.7 Å². The molecule has 0 spiro atoms. The number of nitrogens with zero attached hydrogens (tertiary/aromatic N) is 2. The van der Waals surface area contributed by atoms with Gasteiger partial charge >= 0.3 is 0 Å². The third kappa shape index (κ3) is 23.8. The monoisotopic (exact) mass is 589 g/mol. The molecule has 0 saturated heterocycles. The molecule has 0 aliphatic carbocycles. The van der Waals surface area contributed by atoms with Crippen molar-refractivity contribution in [2.24, 2.45) is 0 Å². The number of rotatable bonds is 34. The molecule has 1 aliphatic heterocycles. The Labute approximate surface area is 267 Å². The normalized spacial score (nSPS) is 15.0. The molecule has 0 aromatic rings. The summed E-state index contributed by atoms with van der Waals surface area (Å²) in [4.78, 5) is 5.42. The molecular formula is C40H80N2. The molecule has 250 valence electrons. The second-order valence-electron chi connectivity index (χ2n) is 13.9. The first-order valence-electron chi connectivity index (χ1n) is 20.0. The van der Waals surface area contributed by atoms with Gasteiger partial charge in [-0.25, -0.2) is 0 Å². The molecule has 0 aromatic heterocycles. The van der Waals surface area contributed by atoms with Crippen molar-refractivity contribution in [1.29, 1.82) is 0 Å². The van der Waals surface area contributed by atoms with Crippen molar-refractivity contribution in [2.45, 2.75) is 232 Å². The van der Waals surface area contributed by atoms with Crippen molar-refractivity contribution >= 4 is 0 Å². The molecule has 0 aromatic carbocycles. The Hall–Kier alpha value is -0.660. The molecule has 0 fully saturated rings. The van der Waals surface area contributed by atoms with Crippen LogP contribution >= 0.6 is 0 Å². The highest BCUT2D eigenvalue weighted by molar-refractivity contribution is 4.97. The van der Waals surface area contributed by atoms with Crippen molar-refractivity contribution < 1.29 is 0 Å². The van der Waals surface area contributed by atoms with Gasteiger partial charge in [0.2, 0.25) is 0 Å². The molecule has 1 rings (SSSR count). The third-order valence-electron chi connectivity index (χ3n) is 9.82. The van der Waals surface area contributed by atoms with Crippen molar-refractivity contribution in [2.75, 3.05) is 13.1 Å². The fraction of sp³-hybridized carbons (Fsp3) is 0.950. The van der Waals surface area contributed by atoms with E-state index >= 15 is 0 Å². The molecular weight excluding hydrogens is 508 g/mol. The zero-order valence-electron chi connectivity index (χ0n) is 29.7. The van der Waals surface area contributed by atoms with E-state index in [1.807, 2.05) is 0 Å². The standard InChI is InChI=1S/C40H80N2/c1-4-7-10-13-16-18-19-20-21-22-23-24-25-26-28-31-34-37-42-39-38-41(36-33-30-27-17-14-11-8-5-2)40(42)35-32-29-15-12-9-6-3/h38-40H,4-37H2,1-3H3. The molecule has 0 radical (unpaired) electrons. The van der Waals surface area contributed by atoms with E-state index in [4.69, 9.17) is 0 Å². The Kier molecular flexibility index (Phi) is 29.8. The summed E-state index contributed by atoms with van der Waals surface area (Å²) in [5, 5.41) is 0. The minimum atomic E-state index is 0.641. The van der Waals surface area contributed by atoms with Crippen LogP contribution in [0.25, 0.3) is 0 Å². The highest BCUT2D eigenvalue weighted by Crippen LogP contribution is 2.24. The summed E-state index contributed by atoms with van der Waals surface area (Å²) in [5.41, 5.74) is 0. The zero-order valence-corrected chi connectivity index (χ0v) is 29.7. The molecule has 2 heteroatoms. The summed E-state index contributed by atoms with van der Waals surface area (Å²) in [6.45, 7) is 9.48. The lowest BCUT2D eigenvalue weighted by molar-refractivity contribution is 0.135.